The molecule has 4 aromatic heterocycles. The predicted molar refractivity (Wildman–Crippen MR) is 134 cm³/mol. The molecule has 0 aromatic carbocycles. The van der Waals surface area contributed by atoms with Crippen molar-refractivity contribution in [1.29, 1.82) is 0 Å². The maximum absolute atomic E-state index is 13.0. The SMILES string of the molecule is CS(=O)(=O)c1ccc(N2CCC(C(=O)Nc3nc(-c4ccco4)c(-c4ccncc4)s3)CC2)nc1. The molecular formula is C24H23N5O4S2. The third kappa shape index (κ3) is 5.10. The summed E-state index contributed by atoms with van der Waals surface area (Å²) in [6.07, 6.45) is 8.90. The van der Waals surface area contributed by atoms with Gasteiger partial charge in [-0.1, -0.05) is 11.3 Å². The van der Waals surface area contributed by atoms with E-state index in [1.54, 1.807) is 36.9 Å². The number of aromatic nitrogens is 3. The number of thiazole rings is 1. The molecule has 1 aliphatic rings. The van der Waals surface area contributed by atoms with Crippen molar-refractivity contribution in [3.05, 3.63) is 61.3 Å². The van der Waals surface area contributed by atoms with Crippen LogP contribution in [0.25, 0.3) is 21.9 Å². The van der Waals surface area contributed by atoms with Crippen LogP contribution in [-0.4, -0.2) is 48.6 Å². The molecule has 180 valence electrons. The number of carbonyl (C=O) groups is 1. The van der Waals surface area contributed by atoms with Gasteiger partial charge in [0.2, 0.25) is 5.91 Å². The van der Waals surface area contributed by atoms with E-state index in [0.717, 1.165) is 16.7 Å². The molecule has 1 fully saturated rings. The van der Waals surface area contributed by atoms with Gasteiger partial charge in [-0.2, -0.15) is 0 Å². The van der Waals surface area contributed by atoms with Crippen molar-refractivity contribution in [3.63, 3.8) is 0 Å². The van der Waals surface area contributed by atoms with Gasteiger partial charge in [-0.3, -0.25) is 9.78 Å². The summed E-state index contributed by atoms with van der Waals surface area (Å²) in [5.41, 5.74) is 1.63. The van der Waals surface area contributed by atoms with Crippen LogP contribution in [0.1, 0.15) is 12.8 Å². The molecule has 1 aliphatic heterocycles. The second-order valence-electron chi connectivity index (χ2n) is 8.28. The Bertz CT molecular complexity index is 1410. The van der Waals surface area contributed by atoms with E-state index in [2.05, 4.69) is 25.2 Å². The summed E-state index contributed by atoms with van der Waals surface area (Å²) in [7, 11) is -3.28. The first-order chi connectivity index (χ1) is 16.9. The normalized spacial score (nSPS) is 14.7. The molecule has 5 heterocycles. The first-order valence-corrected chi connectivity index (χ1v) is 13.8. The smallest absolute Gasteiger partial charge is 0.229 e. The van der Waals surface area contributed by atoms with Gasteiger partial charge in [0.15, 0.2) is 20.7 Å². The Morgan fingerprint density at radius 2 is 1.91 bits per heavy atom. The fraction of sp³-hybridized carbons (Fsp3) is 0.250. The summed E-state index contributed by atoms with van der Waals surface area (Å²) < 4.78 is 28.9. The number of hydrogen-bond acceptors (Lipinski definition) is 9. The Hall–Kier alpha value is -3.57. The zero-order chi connectivity index (χ0) is 24.4. The minimum atomic E-state index is -3.28. The highest BCUT2D eigenvalue weighted by Crippen LogP contribution is 2.39. The van der Waals surface area contributed by atoms with E-state index in [0.29, 0.717) is 48.3 Å². The molecule has 0 spiro atoms. The van der Waals surface area contributed by atoms with E-state index < -0.39 is 9.84 Å². The van der Waals surface area contributed by atoms with Crippen molar-refractivity contribution in [1.82, 2.24) is 15.0 Å². The molecule has 0 aliphatic carbocycles. The van der Waals surface area contributed by atoms with Crippen molar-refractivity contribution in [2.24, 2.45) is 5.92 Å². The number of pyridine rings is 2. The lowest BCUT2D eigenvalue weighted by Gasteiger charge is -2.32. The number of carbonyl (C=O) groups excluding carboxylic acids is 1. The van der Waals surface area contributed by atoms with Crippen LogP contribution in [0.2, 0.25) is 0 Å². The first kappa shape index (κ1) is 23.2. The van der Waals surface area contributed by atoms with Crippen LogP contribution < -0.4 is 10.2 Å². The topological polar surface area (TPSA) is 118 Å². The molecule has 0 unspecified atom stereocenters. The maximum atomic E-state index is 13.0. The molecule has 0 radical (unpaired) electrons. The molecule has 11 heteroatoms. The predicted octanol–water partition coefficient (Wildman–Crippen LogP) is 4.12. The lowest BCUT2D eigenvalue weighted by molar-refractivity contribution is -0.120. The summed E-state index contributed by atoms with van der Waals surface area (Å²) in [6, 6.07) is 10.7. The molecule has 1 saturated heterocycles. The number of amides is 1. The van der Waals surface area contributed by atoms with Gasteiger partial charge in [-0.05, 0) is 54.8 Å². The number of furan rings is 1. The largest absolute Gasteiger partial charge is 0.463 e. The van der Waals surface area contributed by atoms with Gasteiger partial charge < -0.3 is 14.6 Å². The number of hydrogen-bond donors (Lipinski definition) is 1. The maximum Gasteiger partial charge on any atom is 0.229 e. The molecule has 1 amide bonds. The Kier molecular flexibility index (Phi) is 6.35. The number of nitrogens with one attached hydrogen (secondary N) is 1. The Labute approximate surface area is 206 Å². The molecule has 0 atom stereocenters. The van der Waals surface area contributed by atoms with E-state index >= 15 is 0 Å². The molecule has 1 N–H and O–H groups in total. The van der Waals surface area contributed by atoms with Crippen LogP contribution in [0.3, 0.4) is 0 Å². The average molecular weight is 510 g/mol. The monoisotopic (exact) mass is 509 g/mol. The van der Waals surface area contributed by atoms with Crippen molar-refractivity contribution < 1.29 is 17.6 Å². The van der Waals surface area contributed by atoms with E-state index in [1.165, 1.54) is 17.5 Å². The van der Waals surface area contributed by atoms with Crippen molar-refractivity contribution in [2.75, 3.05) is 29.6 Å². The number of rotatable bonds is 6. The standard InChI is InChI=1S/C24H23N5O4S2/c1-35(31,32)18-4-5-20(26-15-18)29-12-8-17(9-13-29)23(30)28-24-27-21(19-3-2-14-33-19)22(34-24)16-6-10-25-11-7-16/h2-7,10-11,14-15,17H,8-9,12-13H2,1H3,(H,27,28,30). The van der Waals surface area contributed by atoms with Crippen molar-refractivity contribution >= 4 is 38.0 Å². The molecule has 4 aromatic rings. The van der Waals surface area contributed by atoms with Gasteiger partial charge >= 0.3 is 0 Å². The van der Waals surface area contributed by atoms with Gasteiger partial charge in [0.1, 0.15) is 11.5 Å². The fourth-order valence-electron chi connectivity index (χ4n) is 4.01. The quantitative estimate of drug-likeness (QED) is 0.412. The molecule has 0 saturated carbocycles. The number of nitrogens with zero attached hydrogens (tertiary/aromatic N) is 4. The zero-order valence-electron chi connectivity index (χ0n) is 18.9. The second kappa shape index (κ2) is 9.59. The highest BCUT2D eigenvalue weighted by Gasteiger charge is 2.27. The lowest BCUT2D eigenvalue weighted by atomic mass is 9.96. The Morgan fingerprint density at radius 1 is 1.14 bits per heavy atom. The fourth-order valence-corrected chi connectivity index (χ4v) is 5.55. The number of piperidine rings is 1. The molecular weight excluding hydrogens is 486 g/mol. The third-order valence-electron chi connectivity index (χ3n) is 5.89. The lowest BCUT2D eigenvalue weighted by Crippen LogP contribution is -2.38. The summed E-state index contributed by atoms with van der Waals surface area (Å²) in [6.45, 7) is 1.31. The summed E-state index contributed by atoms with van der Waals surface area (Å²) in [4.78, 5) is 29.2. The van der Waals surface area contributed by atoms with E-state index in [4.69, 9.17) is 4.42 Å². The zero-order valence-corrected chi connectivity index (χ0v) is 20.6. The second-order valence-corrected chi connectivity index (χ2v) is 11.3. The van der Waals surface area contributed by atoms with E-state index in [1.807, 2.05) is 18.2 Å². The highest BCUT2D eigenvalue weighted by molar-refractivity contribution is 7.90. The summed E-state index contributed by atoms with van der Waals surface area (Å²) in [5.74, 6) is 1.13. The van der Waals surface area contributed by atoms with Crippen LogP contribution in [0.4, 0.5) is 10.9 Å². The molecule has 9 nitrogen and oxygen atoms in total. The van der Waals surface area contributed by atoms with Gasteiger partial charge in [0.05, 0.1) is 16.0 Å². The van der Waals surface area contributed by atoms with Crippen LogP contribution in [0, 0.1) is 5.92 Å². The molecule has 0 bridgehead atoms. The first-order valence-electron chi connectivity index (χ1n) is 11.1. The van der Waals surface area contributed by atoms with Gasteiger partial charge in [0, 0.05) is 43.9 Å². The van der Waals surface area contributed by atoms with E-state index in [9.17, 15) is 13.2 Å². The van der Waals surface area contributed by atoms with Crippen LogP contribution in [0.5, 0.6) is 0 Å². The van der Waals surface area contributed by atoms with E-state index in [-0.39, 0.29) is 16.7 Å². The number of sulfone groups is 1. The Balaban J connectivity index is 1.26. The molecule has 5 rings (SSSR count). The van der Waals surface area contributed by atoms with Gasteiger partial charge in [-0.15, -0.1) is 0 Å². The van der Waals surface area contributed by atoms with Crippen LogP contribution in [-0.2, 0) is 14.6 Å². The average Bonchev–Trinajstić information content (AvgIpc) is 3.54. The minimum Gasteiger partial charge on any atom is -0.463 e. The summed E-state index contributed by atoms with van der Waals surface area (Å²) in [5, 5.41) is 3.52. The third-order valence-corrected chi connectivity index (χ3v) is 8.01. The minimum absolute atomic E-state index is 0.0638. The highest BCUT2D eigenvalue weighted by atomic mass is 32.2. The number of anilines is 2. The van der Waals surface area contributed by atoms with Crippen LogP contribution in [0.15, 0.2) is 70.6 Å². The Morgan fingerprint density at radius 3 is 2.54 bits per heavy atom. The molecule has 35 heavy (non-hydrogen) atoms. The van der Waals surface area contributed by atoms with Crippen molar-refractivity contribution in [2.45, 2.75) is 17.7 Å². The van der Waals surface area contributed by atoms with Crippen LogP contribution >= 0.6 is 11.3 Å². The van der Waals surface area contributed by atoms with Gasteiger partial charge in [-0.25, -0.2) is 18.4 Å². The van der Waals surface area contributed by atoms with Gasteiger partial charge in [0.25, 0.3) is 0 Å². The summed E-state index contributed by atoms with van der Waals surface area (Å²) >= 11 is 1.40. The van der Waals surface area contributed by atoms with Crippen molar-refractivity contribution in [3.8, 4) is 21.9 Å².